The number of carbonyl (C=O) groups excluding carboxylic acids is 1. The van der Waals surface area contributed by atoms with Crippen LogP contribution in [0.2, 0.25) is 0 Å². The van der Waals surface area contributed by atoms with Crippen molar-refractivity contribution in [2.75, 3.05) is 20.0 Å². The Balaban J connectivity index is 1.92. The van der Waals surface area contributed by atoms with Crippen molar-refractivity contribution in [3.8, 4) is 11.5 Å². The van der Waals surface area contributed by atoms with Crippen molar-refractivity contribution < 1.29 is 14.3 Å². The number of rotatable bonds is 3. The second-order valence-electron chi connectivity index (χ2n) is 4.92. The van der Waals surface area contributed by atoms with E-state index in [1.165, 1.54) is 0 Å². The number of carbonyl (C=O) groups is 1. The molecule has 0 unspecified atom stereocenters. The predicted octanol–water partition coefficient (Wildman–Crippen LogP) is 4.08. The lowest BCUT2D eigenvalue weighted by atomic mass is 9.98. The quantitative estimate of drug-likeness (QED) is 0.632. The Morgan fingerprint density at radius 3 is 2.64 bits per heavy atom. The highest BCUT2D eigenvalue weighted by atomic mass is 32.2. The lowest BCUT2D eigenvalue weighted by molar-refractivity contribution is 0.100. The monoisotopic (exact) mass is 312 g/mol. The third kappa shape index (κ3) is 2.88. The maximum absolute atomic E-state index is 12.6. The number of fused-ring (bicyclic) bond motifs is 1. The van der Waals surface area contributed by atoms with Crippen LogP contribution in [0, 0.1) is 0 Å². The minimum Gasteiger partial charge on any atom is -0.497 e. The molecule has 2 aromatic carbocycles. The van der Waals surface area contributed by atoms with Crippen molar-refractivity contribution in [2.45, 2.75) is 4.90 Å². The minimum absolute atomic E-state index is 0.0352. The molecule has 1 heterocycles. The van der Waals surface area contributed by atoms with E-state index in [0.29, 0.717) is 23.5 Å². The largest absolute Gasteiger partial charge is 0.497 e. The van der Waals surface area contributed by atoms with Gasteiger partial charge in [0.1, 0.15) is 18.1 Å². The summed E-state index contributed by atoms with van der Waals surface area (Å²) in [5, 5.41) is 0. The first kappa shape index (κ1) is 14.7. The summed E-state index contributed by atoms with van der Waals surface area (Å²) >= 11 is 1.61. The highest BCUT2D eigenvalue weighted by Crippen LogP contribution is 2.31. The highest BCUT2D eigenvalue weighted by Gasteiger charge is 2.23. The van der Waals surface area contributed by atoms with E-state index < -0.39 is 0 Å². The Bertz CT molecular complexity index is 732. The van der Waals surface area contributed by atoms with Gasteiger partial charge in [-0.05, 0) is 48.2 Å². The van der Waals surface area contributed by atoms with Gasteiger partial charge in [0.25, 0.3) is 0 Å². The van der Waals surface area contributed by atoms with Crippen LogP contribution in [0.1, 0.15) is 15.9 Å². The molecule has 3 nitrogen and oxygen atoms in total. The molecule has 0 saturated carbocycles. The summed E-state index contributed by atoms with van der Waals surface area (Å²) in [6, 6.07) is 13.3. The van der Waals surface area contributed by atoms with Gasteiger partial charge in [0.05, 0.1) is 12.7 Å². The first-order valence-electron chi connectivity index (χ1n) is 6.91. The zero-order valence-electron chi connectivity index (χ0n) is 12.5. The van der Waals surface area contributed by atoms with E-state index in [9.17, 15) is 4.79 Å². The summed E-state index contributed by atoms with van der Waals surface area (Å²) in [4.78, 5) is 13.7. The van der Waals surface area contributed by atoms with E-state index >= 15 is 0 Å². The van der Waals surface area contributed by atoms with Crippen molar-refractivity contribution in [2.24, 2.45) is 0 Å². The number of ether oxygens (including phenoxy) is 2. The maximum atomic E-state index is 12.6. The second-order valence-corrected chi connectivity index (χ2v) is 5.80. The smallest absolute Gasteiger partial charge is 0.196 e. The van der Waals surface area contributed by atoms with Gasteiger partial charge in [-0.25, -0.2) is 0 Å². The summed E-state index contributed by atoms with van der Waals surface area (Å²) in [7, 11) is 1.63. The molecule has 0 spiro atoms. The Morgan fingerprint density at radius 2 is 1.95 bits per heavy atom. The molecule has 0 radical (unpaired) electrons. The number of ketones is 1. The van der Waals surface area contributed by atoms with Crippen molar-refractivity contribution in [1.29, 1.82) is 0 Å². The third-order valence-corrected chi connectivity index (χ3v) is 4.29. The van der Waals surface area contributed by atoms with E-state index in [0.717, 1.165) is 16.2 Å². The molecule has 0 saturated heterocycles. The number of Topliss-reactive ketones (excluding diaryl/α,β-unsaturated/α-hetero) is 1. The predicted molar refractivity (Wildman–Crippen MR) is 89.0 cm³/mol. The number of benzene rings is 2. The lowest BCUT2D eigenvalue weighted by Gasteiger charge is -2.19. The molecule has 112 valence electrons. The summed E-state index contributed by atoms with van der Waals surface area (Å²) in [5.41, 5.74) is 2.26. The topological polar surface area (TPSA) is 35.5 Å². The SMILES string of the molecule is COc1ccc(/C=C2\COc3ccc(SC)cc3C2=O)cc1. The average Bonchev–Trinajstić information content (AvgIpc) is 2.58. The molecule has 2 aromatic rings. The first-order chi connectivity index (χ1) is 10.7. The fourth-order valence-electron chi connectivity index (χ4n) is 2.34. The molecule has 1 aliphatic rings. The summed E-state index contributed by atoms with van der Waals surface area (Å²) in [6.07, 6.45) is 3.86. The van der Waals surface area contributed by atoms with Crippen LogP contribution in [0.25, 0.3) is 6.08 Å². The van der Waals surface area contributed by atoms with Gasteiger partial charge in [-0.15, -0.1) is 11.8 Å². The van der Waals surface area contributed by atoms with Gasteiger partial charge >= 0.3 is 0 Å². The van der Waals surface area contributed by atoms with Gasteiger partial charge < -0.3 is 9.47 Å². The van der Waals surface area contributed by atoms with Crippen LogP contribution in [-0.4, -0.2) is 25.8 Å². The van der Waals surface area contributed by atoms with Crippen molar-refractivity contribution in [1.82, 2.24) is 0 Å². The standard InChI is InChI=1S/C18H16O3S/c1-20-14-5-3-12(4-6-14)9-13-11-21-17-8-7-15(22-2)10-16(17)18(13)19/h3-10H,11H2,1-2H3/b13-9+. The third-order valence-electron chi connectivity index (χ3n) is 3.56. The van der Waals surface area contributed by atoms with Crippen molar-refractivity contribution in [3.63, 3.8) is 0 Å². The van der Waals surface area contributed by atoms with E-state index in [1.54, 1.807) is 18.9 Å². The Kier molecular flexibility index (Phi) is 4.20. The molecular weight excluding hydrogens is 296 g/mol. The number of thioether (sulfide) groups is 1. The van der Waals surface area contributed by atoms with Crippen LogP contribution < -0.4 is 9.47 Å². The van der Waals surface area contributed by atoms with Crippen LogP contribution in [0.15, 0.2) is 52.9 Å². The average molecular weight is 312 g/mol. The maximum Gasteiger partial charge on any atom is 0.196 e. The van der Waals surface area contributed by atoms with Crippen molar-refractivity contribution >= 4 is 23.6 Å². The molecule has 22 heavy (non-hydrogen) atoms. The molecule has 0 bridgehead atoms. The second kappa shape index (κ2) is 6.28. The molecule has 0 atom stereocenters. The summed E-state index contributed by atoms with van der Waals surface area (Å²) < 4.78 is 10.8. The van der Waals surface area contributed by atoms with E-state index in [-0.39, 0.29) is 5.78 Å². The van der Waals surface area contributed by atoms with E-state index in [2.05, 4.69) is 0 Å². The van der Waals surface area contributed by atoms with E-state index in [1.807, 2.05) is 54.8 Å². The normalized spacial score (nSPS) is 15.4. The molecule has 0 amide bonds. The van der Waals surface area contributed by atoms with Gasteiger partial charge in [-0.2, -0.15) is 0 Å². The molecule has 0 aromatic heterocycles. The van der Waals surface area contributed by atoms with Crippen LogP contribution in [0.4, 0.5) is 0 Å². The van der Waals surface area contributed by atoms with Gasteiger partial charge in [0.15, 0.2) is 5.78 Å². The van der Waals surface area contributed by atoms with Crippen molar-refractivity contribution in [3.05, 3.63) is 59.2 Å². The number of methoxy groups -OCH3 is 1. The van der Waals surface area contributed by atoms with Crippen LogP contribution in [0.3, 0.4) is 0 Å². The van der Waals surface area contributed by atoms with E-state index in [4.69, 9.17) is 9.47 Å². The first-order valence-corrected chi connectivity index (χ1v) is 8.14. The molecule has 1 aliphatic heterocycles. The van der Waals surface area contributed by atoms with Crippen LogP contribution in [-0.2, 0) is 0 Å². The summed E-state index contributed by atoms with van der Waals surface area (Å²) in [5.74, 6) is 1.49. The Labute approximate surface area is 133 Å². The molecule has 0 aliphatic carbocycles. The zero-order chi connectivity index (χ0) is 15.5. The number of hydrogen-bond acceptors (Lipinski definition) is 4. The van der Waals surface area contributed by atoms with Gasteiger partial charge in [0.2, 0.25) is 0 Å². The molecular formula is C18H16O3S. The van der Waals surface area contributed by atoms with Gasteiger partial charge in [-0.3, -0.25) is 4.79 Å². The van der Waals surface area contributed by atoms with Gasteiger partial charge in [0, 0.05) is 10.5 Å². The van der Waals surface area contributed by atoms with Crippen LogP contribution >= 0.6 is 11.8 Å². The number of hydrogen-bond donors (Lipinski definition) is 0. The Morgan fingerprint density at radius 1 is 1.18 bits per heavy atom. The molecule has 0 N–H and O–H groups in total. The van der Waals surface area contributed by atoms with Crippen LogP contribution in [0.5, 0.6) is 11.5 Å². The fourth-order valence-corrected chi connectivity index (χ4v) is 2.78. The Hall–Kier alpha value is -2.20. The fraction of sp³-hybridized carbons (Fsp3) is 0.167. The molecule has 4 heteroatoms. The minimum atomic E-state index is 0.0352. The van der Waals surface area contributed by atoms with Gasteiger partial charge in [-0.1, -0.05) is 12.1 Å². The highest BCUT2D eigenvalue weighted by molar-refractivity contribution is 7.98. The zero-order valence-corrected chi connectivity index (χ0v) is 13.3. The lowest BCUT2D eigenvalue weighted by Crippen LogP contribution is -2.19. The molecule has 3 rings (SSSR count). The summed E-state index contributed by atoms with van der Waals surface area (Å²) in [6.45, 7) is 0.302. The molecule has 0 fully saturated rings.